The van der Waals surface area contributed by atoms with E-state index in [1.165, 1.54) is 65.9 Å². The lowest BCUT2D eigenvalue weighted by atomic mass is 9.82. The molecule has 0 saturated carbocycles. The second kappa shape index (κ2) is 8.96. The molecule has 2 aromatic heterocycles. The largest absolute Gasteiger partial charge is 0.310 e. The first-order chi connectivity index (χ1) is 20.5. The smallest absolute Gasteiger partial charge is 0.0544 e. The fraction of sp³-hybridized carbons (Fsp3) is 0.100. The van der Waals surface area contributed by atoms with Gasteiger partial charge in [0, 0.05) is 38.3 Å². The fourth-order valence-corrected chi connectivity index (χ4v) is 7.20. The topological polar surface area (TPSA) is 9.86 Å². The van der Waals surface area contributed by atoms with Gasteiger partial charge in [0.2, 0.25) is 0 Å². The maximum absolute atomic E-state index is 4.53. The third-order valence-corrected chi connectivity index (χ3v) is 9.17. The van der Waals surface area contributed by atoms with Crippen molar-refractivity contribution in [3.05, 3.63) is 145 Å². The van der Waals surface area contributed by atoms with E-state index in [2.05, 4.69) is 151 Å². The van der Waals surface area contributed by atoms with Crippen LogP contribution in [-0.2, 0) is 5.41 Å². The molecule has 1 aliphatic rings. The van der Waals surface area contributed by atoms with Gasteiger partial charge in [0.25, 0.3) is 0 Å². The fourth-order valence-electron chi connectivity index (χ4n) is 7.20. The van der Waals surface area contributed by atoms with E-state index in [9.17, 15) is 0 Å². The van der Waals surface area contributed by atoms with Crippen LogP contribution in [0, 0.1) is 0 Å². The zero-order valence-corrected chi connectivity index (χ0v) is 24.2. The average Bonchev–Trinajstić information content (AvgIpc) is 3.60. The Morgan fingerprint density at radius 1 is 0.619 bits per heavy atom. The van der Waals surface area contributed by atoms with E-state index in [0.29, 0.717) is 0 Å². The molecule has 8 rings (SSSR count). The van der Waals surface area contributed by atoms with E-state index in [1.54, 1.807) is 0 Å². The Bertz CT molecular complexity index is 2240. The minimum Gasteiger partial charge on any atom is -0.310 e. The molecule has 0 spiro atoms. The van der Waals surface area contributed by atoms with E-state index in [-0.39, 0.29) is 5.41 Å². The van der Waals surface area contributed by atoms with Gasteiger partial charge in [-0.1, -0.05) is 99.3 Å². The van der Waals surface area contributed by atoms with Crippen molar-refractivity contribution < 1.29 is 0 Å². The summed E-state index contributed by atoms with van der Waals surface area (Å²) in [6, 6.07) is 38.0. The van der Waals surface area contributed by atoms with Crippen LogP contribution in [0.2, 0.25) is 0 Å². The SMILES string of the molecule is C=C(/C=C\C=C/C)n1c2ccc(-n3c4ccccc4c4ccccc43)cc2c2cc3c(cc21)C(C)(C)c1ccccc1-3. The second-order valence-corrected chi connectivity index (χ2v) is 11.9. The van der Waals surface area contributed by atoms with Crippen LogP contribution in [0.1, 0.15) is 31.9 Å². The highest BCUT2D eigenvalue weighted by Gasteiger charge is 2.36. The molecular weight excluding hydrogens is 508 g/mol. The second-order valence-electron chi connectivity index (χ2n) is 11.9. The summed E-state index contributed by atoms with van der Waals surface area (Å²) >= 11 is 0. The molecule has 0 saturated heterocycles. The highest BCUT2D eigenvalue weighted by atomic mass is 15.0. The van der Waals surface area contributed by atoms with Crippen molar-refractivity contribution in [3.63, 3.8) is 0 Å². The third-order valence-electron chi connectivity index (χ3n) is 9.17. The molecular formula is C40H32N2. The van der Waals surface area contributed by atoms with Crippen molar-refractivity contribution in [3.8, 4) is 16.8 Å². The maximum atomic E-state index is 4.53. The summed E-state index contributed by atoms with van der Waals surface area (Å²) in [4.78, 5) is 0. The quantitative estimate of drug-likeness (QED) is 0.197. The molecule has 0 fully saturated rings. The molecule has 202 valence electrons. The van der Waals surface area contributed by atoms with Crippen LogP contribution < -0.4 is 0 Å². The van der Waals surface area contributed by atoms with E-state index < -0.39 is 0 Å². The van der Waals surface area contributed by atoms with Crippen LogP contribution in [0.3, 0.4) is 0 Å². The summed E-state index contributed by atoms with van der Waals surface area (Å²) in [6.45, 7) is 11.3. The van der Waals surface area contributed by atoms with Crippen molar-refractivity contribution in [2.75, 3.05) is 0 Å². The van der Waals surface area contributed by atoms with Crippen molar-refractivity contribution in [1.29, 1.82) is 0 Å². The number of allylic oxidation sites excluding steroid dienone is 5. The van der Waals surface area contributed by atoms with Gasteiger partial charge in [0.15, 0.2) is 0 Å². The lowest BCUT2D eigenvalue weighted by Crippen LogP contribution is -2.14. The Hall–Kier alpha value is -5.08. The molecule has 0 amide bonds. The molecule has 0 aliphatic heterocycles. The number of aromatic nitrogens is 2. The zero-order chi connectivity index (χ0) is 28.6. The lowest BCUT2D eigenvalue weighted by Gasteiger charge is -2.21. The molecule has 0 atom stereocenters. The summed E-state index contributed by atoms with van der Waals surface area (Å²) in [6.07, 6.45) is 8.27. The summed E-state index contributed by atoms with van der Waals surface area (Å²) in [5.41, 5.74) is 12.3. The van der Waals surface area contributed by atoms with Gasteiger partial charge in [0.1, 0.15) is 0 Å². The van der Waals surface area contributed by atoms with Crippen LogP contribution in [0.4, 0.5) is 0 Å². The molecule has 5 aromatic carbocycles. The molecule has 2 heterocycles. The number of nitrogens with zero attached hydrogens (tertiary/aromatic N) is 2. The van der Waals surface area contributed by atoms with Crippen LogP contribution in [0.5, 0.6) is 0 Å². The van der Waals surface area contributed by atoms with Crippen molar-refractivity contribution in [2.45, 2.75) is 26.2 Å². The number of rotatable bonds is 4. The Morgan fingerprint density at radius 3 is 2.02 bits per heavy atom. The number of fused-ring (bicyclic) bond motifs is 9. The van der Waals surface area contributed by atoms with Gasteiger partial charge in [-0.25, -0.2) is 0 Å². The van der Waals surface area contributed by atoms with E-state index in [0.717, 1.165) is 11.4 Å². The van der Waals surface area contributed by atoms with Gasteiger partial charge in [-0.05, 0) is 77.7 Å². The van der Waals surface area contributed by atoms with Gasteiger partial charge in [-0.15, -0.1) is 0 Å². The van der Waals surface area contributed by atoms with Crippen LogP contribution in [0.25, 0.3) is 66.1 Å². The summed E-state index contributed by atoms with van der Waals surface area (Å²) in [7, 11) is 0. The molecule has 0 bridgehead atoms. The molecule has 2 heteroatoms. The Kier molecular flexibility index (Phi) is 5.27. The first-order valence-electron chi connectivity index (χ1n) is 14.7. The predicted octanol–water partition coefficient (Wildman–Crippen LogP) is 10.8. The number of para-hydroxylation sites is 2. The normalized spacial score (nSPS) is 14.2. The van der Waals surface area contributed by atoms with E-state index >= 15 is 0 Å². The number of hydrogen-bond donors (Lipinski definition) is 0. The van der Waals surface area contributed by atoms with Crippen LogP contribution >= 0.6 is 0 Å². The minimum atomic E-state index is -0.0718. The molecule has 0 N–H and O–H groups in total. The Labute approximate surface area is 246 Å². The van der Waals surface area contributed by atoms with Crippen molar-refractivity contribution in [1.82, 2.24) is 9.13 Å². The molecule has 0 radical (unpaired) electrons. The number of hydrogen-bond acceptors (Lipinski definition) is 0. The molecule has 1 aliphatic carbocycles. The molecule has 0 unspecified atom stereocenters. The highest BCUT2D eigenvalue weighted by molar-refractivity contribution is 6.14. The van der Waals surface area contributed by atoms with Gasteiger partial charge < -0.3 is 9.13 Å². The standard InChI is InChI=1S/C40H32N2/c1-5-6-7-14-26(2)41-38-22-21-27(42-36-19-12-9-16-29(36)30-17-10-13-20-37(30)42)23-32(38)33-24-31-28-15-8-11-18-34(28)40(3,4)35(31)25-39(33)41/h5-25H,2H2,1,3-4H3/b6-5-,14-7-. The summed E-state index contributed by atoms with van der Waals surface area (Å²) in [5.74, 6) is 0. The Morgan fingerprint density at radius 2 is 1.29 bits per heavy atom. The predicted molar refractivity (Wildman–Crippen MR) is 181 cm³/mol. The average molecular weight is 541 g/mol. The van der Waals surface area contributed by atoms with Gasteiger partial charge >= 0.3 is 0 Å². The molecule has 7 aromatic rings. The Balaban J connectivity index is 1.46. The first-order valence-corrected chi connectivity index (χ1v) is 14.7. The minimum absolute atomic E-state index is 0.0718. The first kappa shape index (κ1) is 24.7. The van der Waals surface area contributed by atoms with Crippen molar-refractivity contribution >= 4 is 49.3 Å². The van der Waals surface area contributed by atoms with Crippen LogP contribution in [-0.4, -0.2) is 9.13 Å². The van der Waals surface area contributed by atoms with E-state index in [1.807, 2.05) is 13.0 Å². The third kappa shape index (κ3) is 3.33. The van der Waals surface area contributed by atoms with Gasteiger partial charge in [0.05, 0.1) is 22.1 Å². The highest BCUT2D eigenvalue weighted by Crippen LogP contribution is 2.51. The lowest BCUT2D eigenvalue weighted by molar-refractivity contribution is 0.661. The van der Waals surface area contributed by atoms with Gasteiger partial charge in [-0.3, -0.25) is 0 Å². The molecule has 42 heavy (non-hydrogen) atoms. The number of benzene rings is 5. The van der Waals surface area contributed by atoms with Crippen LogP contribution in [0.15, 0.2) is 134 Å². The monoisotopic (exact) mass is 540 g/mol. The zero-order valence-electron chi connectivity index (χ0n) is 24.2. The molecule has 2 nitrogen and oxygen atoms in total. The summed E-state index contributed by atoms with van der Waals surface area (Å²) < 4.78 is 4.74. The van der Waals surface area contributed by atoms with E-state index in [4.69, 9.17) is 0 Å². The summed E-state index contributed by atoms with van der Waals surface area (Å²) in [5, 5.41) is 5.03. The van der Waals surface area contributed by atoms with Gasteiger partial charge in [-0.2, -0.15) is 0 Å². The van der Waals surface area contributed by atoms with Crippen molar-refractivity contribution in [2.24, 2.45) is 0 Å². The maximum Gasteiger partial charge on any atom is 0.0544 e.